The average Bonchev–Trinajstić information content (AvgIpc) is 2.73. The van der Waals surface area contributed by atoms with Crippen LogP contribution >= 0.6 is 0 Å². The van der Waals surface area contributed by atoms with E-state index in [9.17, 15) is 4.79 Å². The summed E-state index contributed by atoms with van der Waals surface area (Å²) in [6.07, 6.45) is 5.21. The summed E-state index contributed by atoms with van der Waals surface area (Å²) in [5, 5.41) is 0. The third-order valence-corrected chi connectivity index (χ3v) is 5.92. The predicted molar refractivity (Wildman–Crippen MR) is 117 cm³/mol. The first-order chi connectivity index (χ1) is 14.5. The Morgan fingerprint density at radius 1 is 1.00 bits per heavy atom. The van der Waals surface area contributed by atoms with Crippen molar-refractivity contribution in [3.63, 3.8) is 0 Å². The van der Waals surface area contributed by atoms with E-state index in [0.717, 1.165) is 5.75 Å². The number of aryl methyl sites for hydroxylation is 1. The second kappa shape index (κ2) is 8.27. The Morgan fingerprint density at radius 2 is 1.63 bits per heavy atom. The lowest BCUT2D eigenvalue weighted by atomic mass is 9.60. The SMILES string of the molecule is Cc1ccc(C2(c3ccc(OCc4ccnc(C(=O)N(C)C)n4)cc3)CCC2)cc1. The van der Waals surface area contributed by atoms with Gasteiger partial charge in [0.2, 0.25) is 5.82 Å². The van der Waals surface area contributed by atoms with Gasteiger partial charge in [0.15, 0.2) is 0 Å². The molecule has 3 aromatic rings. The summed E-state index contributed by atoms with van der Waals surface area (Å²) in [5.41, 5.74) is 4.82. The van der Waals surface area contributed by atoms with E-state index in [1.165, 1.54) is 40.9 Å². The van der Waals surface area contributed by atoms with E-state index in [1.807, 2.05) is 12.1 Å². The summed E-state index contributed by atoms with van der Waals surface area (Å²) in [4.78, 5) is 21.8. The third-order valence-electron chi connectivity index (χ3n) is 5.92. The molecule has 5 nitrogen and oxygen atoms in total. The molecule has 1 saturated carbocycles. The lowest BCUT2D eigenvalue weighted by Crippen LogP contribution is -2.35. The van der Waals surface area contributed by atoms with Gasteiger partial charge in [0.05, 0.1) is 5.69 Å². The number of rotatable bonds is 6. The molecule has 0 aliphatic heterocycles. The molecule has 1 fully saturated rings. The van der Waals surface area contributed by atoms with Crippen molar-refractivity contribution in [1.82, 2.24) is 14.9 Å². The zero-order valence-corrected chi connectivity index (χ0v) is 17.8. The highest BCUT2D eigenvalue weighted by Gasteiger charge is 2.40. The number of benzene rings is 2. The first-order valence-corrected chi connectivity index (χ1v) is 10.3. The highest BCUT2D eigenvalue weighted by molar-refractivity contribution is 5.89. The van der Waals surface area contributed by atoms with Crippen molar-refractivity contribution < 1.29 is 9.53 Å². The van der Waals surface area contributed by atoms with Gasteiger partial charge in [-0.1, -0.05) is 48.4 Å². The topological polar surface area (TPSA) is 55.3 Å². The number of aromatic nitrogens is 2. The summed E-state index contributed by atoms with van der Waals surface area (Å²) >= 11 is 0. The quantitative estimate of drug-likeness (QED) is 0.609. The summed E-state index contributed by atoms with van der Waals surface area (Å²) in [6, 6.07) is 19.1. The summed E-state index contributed by atoms with van der Waals surface area (Å²) in [7, 11) is 3.36. The Kier molecular flexibility index (Phi) is 5.53. The first kappa shape index (κ1) is 20.1. The standard InChI is InChI=1S/C25H27N3O2/c1-18-5-7-19(8-6-18)25(14-4-15-25)20-9-11-22(12-10-20)30-17-21-13-16-26-23(27-21)24(29)28(2)3/h5-13,16H,4,14-15,17H2,1-3H3. The maximum absolute atomic E-state index is 12.0. The Morgan fingerprint density at radius 3 is 2.20 bits per heavy atom. The van der Waals surface area contributed by atoms with Gasteiger partial charge in [-0.15, -0.1) is 0 Å². The molecule has 0 N–H and O–H groups in total. The van der Waals surface area contributed by atoms with Gasteiger partial charge in [-0.25, -0.2) is 9.97 Å². The van der Waals surface area contributed by atoms with Gasteiger partial charge in [0.25, 0.3) is 5.91 Å². The molecular weight excluding hydrogens is 374 g/mol. The summed E-state index contributed by atoms with van der Waals surface area (Å²) in [5.74, 6) is 0.751. The lowest BCUT2D eigenvalue weighted by Gasteiger charge is -2.43. The molecule has 0 saturated heterocycles. The molecule has 0 atom stereocenters. The van der Waals surface area contributed by atoms with Crippen molar-refractivity contribution in [2.24, 2.45) is 0 Å². The van der Waals surface area contributed by atoms with Crippen LogP contribution in [0.4, 0.5) is 0 Å². The Bertz CT molecular complexity index is 1020. The molecule has 0 unspecified atom stereocenters. The van der Waals surface area contributed by atoms with Crippen LogP contribution in [0.5, 0.6) is 5.75 Å². The number of hydrogen-bond acceptors (Lipinski definition) is 4. The monoisotopic (exact) mass is 401 g/mol. The zero-order chi connectivity index (χ0) is 21.1. The van der Waals surface area contributed by atoms with Crippen LogP contribution in [0, 0.1) is 6.92 Å². The predicted octanol–water partition coefficient (Wildman–Crippen LogP) is 4.54. The van der Waals surface area contributed by atoms with Crippen LogP contribution in [0.25, 0.3) is 0 Å². The molecule has 0 bridgehead atoms. The Labute approximate surface area is 177 Å². The van der Waals surface area contributed by atoms with Gasteiger partial charge in [0.1, 0.15) is 12.4 Å². The molecule has 4 rings (SSSR count). The van der Waals surface area contributed by atoms with Crippen molar-refractivity contribution in [3.8, 4) is 5.75 Å². The molecule has 5 heteroatoms. The van der Waals surface area contributed by atoms with Crippen LogP contribution < -0.4 is 4.74 Å². The van der Waals surface area contributed by atoms with Crippen molar-refractivity contribution in [3.05, 3.63) is 89.0 Å². The fraction of sp³-hybridized carbons (Fsp3) is 0.320. The van der Waals surface area contributed by atoms with E-state index in [4.69, 9.17) is 4.74 Å². The van der Waals surface area contributed by atoms with E-state index in [2.05, 4.69) is 53.3 Å². The van der Waals surface area contributed by atoms with Gasteiger partial charge in [-0.05, 0) is 49.1 Å². The molecule has 0 radical (unpaired) electrons. The minimum Gasteiger partial charge on any atom is -0.487 e. The number of carbonyl (C=O) groups excluding carboxylic acids is 1. The molecule has 1 amide bonds. The molecule has 1 heterocycles. The zero-order valence-electron chi connectivity index (χ0n) is 17.8. The second-order valence-electron chi connectivity index (χ2n) is 8.19. The molecule has 1 aliphatic rings. The highest BCUT2D eigenvalue weighted by atomic mass is 16.5. The fourth-order valence-electron chi connectivity index (χ4n) is 3.95. The van der Waals surface area contributed by atoms with E-state index in [-0.39, 0.29) is 17.1 Å². The number of ether oxygens (including phenoxy) is 1. The van der Waals surface area contributed by atoms with Crippen molar-refractivity contribution in [2.75, 3.05) is 14.1 Å². The number of hydrogen-bond donors (Lipinski definition) is 0. The number of amides is 1. The minimum absolute atomic E-state index is 0.125. The minimum atomic E-state index is -0.219. The smallest absolute Gasteiger partial charge is 0.291 e. The Balaban J connectivity index is 1.46. The van der Waals surface area contributed by atoms with Gasteiger partial charge in [0, 0.05) is 25.7 Å². The van der Waals surface area contributed by atoms with Gasteiger partial charge in [-0.2, -0.15) is 0 Å². The van der Waals surface area contributed by atoms with Crippen LogP contribution in [-0.4, -0.2) is 34.9 Å². The van der Waals surface area contributed by atoms with Crippen molar-refractivity contribution in [1.29, 1.82) is 0 Å². The molecule has 1 aromatic heterocycles. The largest absolute Gasteiger partial charge is 0.487 e. The fourth-order valence-corrected chi connectivity index (χ4v) is 3.95. The molecule has 0 spiro atoms. The normalized spacial score (nSPS) is 14.6. The molecule has 154 valence electrons. The molecule has 2 aromatic carbocycles. The summed E-state index contributed by atoms with van der Waals surface area (Å²) in [6.45, 7) is 2.42. The van der Waals surface area contributed by atoms with E-state index >= 15 is 0 Å². The van der Waals surface area contributed by atoms with E-state index in [0.29, 0.717) is 12.3 Å². The van der Waals surface area contributed by atoms with Crippen LogP contribution in [0.3, 0.4) is 0 Å². The van der Waals surface area contributed by atoms with E-state index < -0.39 is 0 Å². The van der Waals surface area contributed by atoms with Gasteiger partial charge >= 0.3 is 0 Å². The lowest BCUT2D eigenvalue weighted by molar-refractivity contribution is 0.0815. The maximum Gasteiger partial charge on any atom is 0.291 e. The Hall–Kier alpha value is -3.21. The van der Waals surface area contributed by atoms with Crippen molar-refractivity contribution in [2.45, 2.75) is 38.2 Å². The third kappa shape index (κ3) is 3.92. The van der Waals surface area contributed by atoms with Crippen LogP contribution in [-0.2, 0) is 12.0 Å². The van der Waals surface area contributed by atoms with Crippen LogP contribution in [0.15, 0.2) is 60.8 Å². The van der Waals surface area contributed by atoms with Gasteiger partial charge < -0.3 is 9.64 Å². The second-order valence-corrected chi connectivity index (χ2v) is 8.19. The molecule has 30 heavy (non-hydrogen) atoms. The van der Waals surface area contributed by atoms with Crippen molar-refractivity contribution >= 4 is 5.91 Å². The van der Waals surface area contributed by atoms with Gasteiger partial charge in [-0.3, -0.25) is 4.79 Å². The number of nitrogens with zero attached hydrogens (tertiary/aromatic N) is 3. The molecule has 1 aliphatic carbocycles. The highest BCUT2D eigenvalue weighted by Crippen LogP contribution is 2.49. The summed E-state index contributed by atoms with van der Waals surface area (Å²) < 4.78 is 5.91. The molecular formula is C25H27N3O2. The first-order valence-electron chi connectivity index (χ1n) is 10.3. The number of carbonyl (C=O) groups is 1. The van der Waals surface area contributed by atoms with Crippen LogP contribution in [0.2, 0.25) is 0 Å². The van der Waals surface area contributed by atoms with E-state index in [1.54, 1.807) is 26.4 Å². The average molecular weight is 402 g/mol. The van der Waals surface area contributed by atoms with Crippen LogP contribution in [0.1, 0.15) is 52.3 Å². The maximum atomic E-state index is 12.0.